The van der Waals surface area contributed by atoms with Crippen LogP contribution >= 0.6 is 31.9 Å². The lowest BCUT2D eigenvalue weighted by Crippen LogP contribution is -2.52. The summed E-state index contributed by atoms with van der Waals surface area (Å²) in [4.78, 5) is 74.6. The molecule has 0 spiro atoms. The number of benzene rings is 2. The zero-order valence-corrected chi connectivity index (χ0v) is 22.0. The summed E-state index contributed by atoms with van der Waals surface area (Å²) in [5, 5.41) is 23.9. The quantitative estimate of drug-likeness (QED) is 0.146. The summed E-state index contributed by atoms with van der Waals surface area (Å²) in [6.45, 7) is -0.849. The second kappa shape index (κ2) is 10.5. The maximum absolute atomic E-state index is 13.6. The monoisotopic (exact) mass is 636 g/mol. The third-order valence-electron chi connectivity index (χ3n) is 6.37. The fourth-order valence-corrected chi connectivity index (χ4v) is 5.76. The molecule has 2 aliphatic rings. The molecule has 0 unspecified atom stereocenters. The Morgan fingerprint density at radius 1 is 0.919 bits per heavy atom. The lowest BCUT2D eigenvalue weighted by Gasteiger charge is -2.30. The highest BCUT2D eigenvalue weighted by Crippen LogP contribution is 2.44. The van der Waals surface area contributed by atoms with Crippen LogP contribution in [0.1, 0.15) is 33.6 Å². The molecule has 4 atom stereocenters. The Morgan fingerprint density at radius 3 is 2.08 bits per heavy atom. The number of nitro benzene ring substituents is 2. The summed E-state index contributed by atoms with van der Waals surface area (Å²) < 4.78 is 0. The molecule has 1 aliphatic heterocycles. The Kier molecular flexibility index (Phi) is 7.50. The smallest absolute Gasteiger partial charge is 0.282 e. The van der Waals surface area contributed by atoms with Gasteiger partial charge in [-0.2, -0.15) is 5.01 Å². The standard InChI is InChI=1S/C23H18Br2N4O8/c24-17-9-15-16(10-18(17)25)23(33)27(22(15)32)26(21(31)14-6-1-2-7-19(14)29(36)37)11-20(30)12-4-3-5-13(8-12)28(34)35/h1-8,15-18H,9-11H2/t15-,16-,17-,18+/m1/s1. The van der Waals surface area contributed by atoms with E-state index in [0.717, 1.165) is 18.2 Å². The summed E-state index contributed by atoms with van der Waals surface area (Å²) in [7, 11) is 0. The Morgan fingerprint density at radius 2 is 1.51 bits per heavy atom. The molecule has 12 nitrogen and oxygen atoms in total. The van der Waals surface area contributed by atoms with Crippen molar-refractivity contribution in [2.24, 2.45) is 11.8 Å². The van der Waals surface area contributed by atoms with E-state index in [2.05, 4.69) is 31.9 Å². The summed E-state index contributed by atoms with van der Waals surface area (Å²) >= 11 is 6.96. The Bertz CT molecular complexity index is 1310. The van der Waals surface area contributed by atoms with E-state index in [1.165, 1.54) is 30.3 Å². The van der Waals surface area contributed by atoms with E-state index in [4.69, 9.17) is 0 Å². The molecular formula is C23H18Br2N4O8. The summed E-state index contributed by atoms with van der Waals surface area (Å²) in [6.07, 6.45) is 0.599. The van der Waals surface area contributed by atoms with Crippen molar-refractivity contribution in [1.29, 1.82) is 0 Å². The number of ketones is 1. The van der Waals surface area contributed by atoms with Crippen LogP contribution in [0.5, 0.6) is 0 Å². The molecule has 1 aliphatic carbocycles. The molecule has 2 fully saturated rings. The van der Waals surface area contributed by atoms with E-state index in [1.807, 2.05) is 0 Å². The number of nitrogens with zero attached hydrogens (tertiary/aromatic N) is 4. The largest absolute Gasteiger partial charge is 0.292 e. The first-order valence-corrected chi connectivity index (χ1v) is 12.8. The highest BCUT2D eigenvalue weighted by Gasteiger charge is 2.55. The van der Waals surface area contributed by atoms with Crippen molar-refractivity contribution in [2.75, 3.05) is 6.54 Å². The van der Waals surface area contributed by atoms with Gasteiger partial charge in [-0.05, 0) is 18.9 Å². The normalized spacial score (nSPS) is 22.9. The molecule has 0 aromatic heterocycles. The molecule has 0 radical (unpaired) electrons. The van der Waals surface area contributed by atoms with E-state index in [-0.39, 0.29) is 20.9 Å². The van der Waals surface area contributed by atoms with Gasteiger partial charge >= 0.3 is 0 Å². The average molecular weight is 638 g/mol. The number of non-ortho nitro benzene ring substituents is 1. The first kappa shape index (κ1) is 26.5. The Hall–Kier alpha value is -3.52. The van der Waals surface area contributed by atoms with Crippen LogP contribution in [-0.4, -0.2) is 59.6 Å². The number of para-hydroxylation sites is 1. The van der Waals surface area contributed by atoms with E-state index >= 15 is 0 Å². The number of carbonyl (C=O) groups is 4. The minimum atomic E-state index is -1.10. The summed E-state index contributed by atoms with van der Waals surface area (Å²) in [5.74, 6) is -4.80. The molecule has 2 aromatic rings. The maximum atomic E-state index is 13.6. The van der Waals surface area contributed by atoms with Crippen LogP contribution in [0.3, 0.4) is 0 Å². The second-order valence-electron chi connectivity index (χ2n) is 8.57. The predicted molar refractivity (Wildman–Crippen MR) is 135 cm³/mol. The molecule has 0 bridgehead atoms. The Labute approximate surface area is 226 Å². The fraction of sp³-hybridized carbons (Fsp3) is 0.304. The number of amides is 3. The number of imide groups is 1. The van der Waals surface area contributed by atoms with Crippen LogP contribution < -0.4 is 0 Å². The van der Waals surface area contributed by atoms with Crippen molar-refractivity contribution in [3.63, 3.8) is 0 Å². The van der Waals surface area contributed by atoms with E-state index in [0.29, 0.717) is 22.9 Å². The van der Waals surface area contributed by atoms with Crippen molar-refractivity contribution in [1.82, 2.24) is 10.0 Å². The summed E-state index contributed by atoms with van der Waals surface area (Å²) in [6, 6.07) is 9.73. The zero-order chi connectivity index (χ0) is 27.0. The number of Topliss-reactive ketones (excluding diaryl/α,β-unsaturated/α-hetero) is 1. The highest BCUT2D eigenvalue weighted by atomic mass is 79.9. The van der Waals surface area contributed by atoms with Crippen molar-refractivity contribution in [3.8, 4) is 0 Å². The molecule has 1 saturated heterocycles. The first-order chi connectivity index (χ1) is 17.5. The third-order valence-corrected chi connectivity index (χ3v) is 9.10. The number of carbonyl (C=O) groups excluding carboxylic acids is 4. The van der Waals surface area contributed by atoms with Crippen molar-refractivity contribution in [2.45, 2.75) is 22.5 Å². The predicted octanol–water partition coefficient (Wildman–Crippen LogP) is 3.67. The topological polar surface area (TPSA) is 161 Å². The third kappa shape index (κ3) is 5.03. The van der Waals surface area contributed by atoms with E-state index < -0.39 is 63.0 Å². The van der Waals surface area contributed by atoms with Gasteiger partial charge in [-0.15, -0.1) is 0 Å². The number of alkyl halides is 2. The van der Waals surface area contributed by atoms with Crippen LogP contribution in [0, 0.1) is 32.1 Å². The average Bonchev–Trinajstić information content (AvgIpc) is 3.11. The number of hydrazine groups is 1. The van der Waals surface area contributed by atoms with E-state index in [1.54, 1.807) is 0 Å². The van der Waals surface area contributed by atoms with Crippen molar-refractivity contribution < 1.29 is 29.0 Å². The molecule has 3 amide bonds. The van der Waals surface area contributed by atoms with Crippen LogP contribution in [0.4, 0.5) is 11.4 Å². The van der Waals surface area contributed by atoms with Crippen molar-refractivity contribution in [3.05, 3.63) is 79.9 Å². The number of hydrogen-bond acceptors (Lipinski definition) is 8. The molecule has 1 heterocycles. The number of fused-ring (bicyclic) bond motifs is 1. The number of hydrogen-bond donors (Lipinski definition) is 0. The molecule has 2 aromatic carbocycles. The van der Waals surface area contributed by atoms with E-state index in [9.17, 15) is 39.4 Å². The lowest BCUT2D eigenvalue weighted by atomic mass is 9.81. The van der Waals surface area contributed by atoms with Crippen LogP contribution in [0.25, 0.3) is 0 Å². The molecule has 1 saturated carbocycles. The van der Waals surface area contributed by atoms with Crippen LogP contribution in [0.15, 0.2) is 48.5 Å². The molecule has 37 heavy (non-hydrogen) atoms. The number of nitro groups is 2. The second-order valence-corrected chi connectivity index (χ2v) is 10.9. The maximum Gasteiger partial charge on any atom is 0.282 e. The van der Waals surface area contributed by atoms with Crippen LogP contribution in [-0.2, 0) is 9.59 Å². The summed E-state index contributed by atoms with van der Waals surface area (Å²) in [5.41, 5.74) is -1.50. The van der Waals surface area contributed by atoms with Gasteiger partial charge in [0.15, 0.2) is 5.78 Å². The SMILES string of the molecule is O=C(CN(C(=O)c1ccccc1[N+](=O)[O-])N1C(=O)[C@@H]2C[C@@H](Br)[C@@H](Br)C[C@H]2C1=O)c1cccc([N+](=O)[O-])c1. The van der Waals surface area contributed by atoms with Crippen LogP contribution in [0.2, 0.25) is 0 Å². The molecule has 4 rings (SSSR count). The van der Waals surface area contributed by atoms with Gasteiger partial charge in [0, 0.05) is 33.4 Å². The molecule has 14 heteroatoms. The van der Waals surface area contributed by atoms with Gasteiger partial charge in [-0.1, -0.05) is 56.1 Å². The first-order valence-electron chi connectivity index (χ1n) is 11.0. The fourth-order valence-electron chi connectivity index (χ4n) is 4.52. The van der Waals surface area contributed by atoms with Gasteiger partial charge in [-0.3, -0.25) is 39.4 Å². The molecule has 0 N–H and O–H groups in total. The van der Waals surface area contributed by atoms with Gasteiger partial charge in [0.25, 0.3) is 29.1 Å². The van der Waals surface area contributed by atoms with Gasteiger partial charge < -0.3 is 0 Å². The van der Waals surface area contributed by atoms with Crippen molar-refractivity contribution >= 4 is 66.7 Å². The zero-order valence-electron chi connectivity index (χ0n) is 18.9. The molecular weight excluding hydrogens is 620 g/mol. The van der Waals surface area contributed by atoms with Gasteiger partial charge in [-0.25, -0.2) is 5.01 Å². The number of rotatable bonds is 7. The number of halogens is 2. The van der Waals surface area contributed by atoms with Gasteiger partial charge in [0.05, 0.1) is 21.7 Å². The van der Waals surface area contributed by atoms with Gasteiger partial charge in [0.2, 0.25) is 0 Å². The molecule has 192 valence electrons. The minimum absolute atomic E-state index is 0.115. The van der Waals surface area contributed by atoms with Gasteiger partial charge in [0.1, 0.15) is 12.1 Å². The lowest BCUT2D eigenvalue weighted by molar-refractivity contribution is -0.385. The minimum Gasteiger partial charge on any atom is -0.292 e. The Balaban J connectivity index is 1.76. The highest BCUT2D eigenvalue weighted by molar-refractivity contribution is 9.12.